The maximum absolute atomic E-state index is 5.33. The molecule has 2 nitrogen and oxygen atoms in total. The van der Waals surface area contributed by atoms with Gasteiger partial charge in [0.05, 0.1) is 0 Å². The lowest BCUT2D eigenvalue weighted by Crippen LogP contribution is -1.99. The van der Waals surface area contributed by atoms with Crippen LogP contribution in [0.2, 0.25) is 0 Å². The summed E-state index contributed by atoms with van der Waals surface area (Å²) >= 11 is 0. The lowest BCUT2D eigenvalue weighted by atomic mass is 10.1. The highest BCUT2D eigenvalue weighted by Gasteiger charge is 2.02. The molecule has 0 aliphatic heterocycles. The van der Waals surface area contributed by atoms with Gasteiger partial charge in [0.25, 0.3) is 0 Å². The van der Waals surface area contributed by atoms with Crippen LogP contribution < -0.4 is 0 Å². The molecule has 2 heteroatoms. The van der Waals surface area contributed by atoms with Crippen LogP contribution in [0.25, 0.3) is 0 Å². The standard InChI is InChI=1S/C18H22O2/c1-13-5-7-17(15(3)9-13)11-19-20-12-18-8-6-14(2)10-16(18)4/h5-10H,11-12H2,1-4H3. The molecule has 0 aliphatic carbocycles. The molecular formula is C18H22O2. The summed E-state index contributed by atoms with van der Waals surface area (Å²) in [5.74, 6) is 0. The molecule has 0 heterocycles. The molecule has 0 saturated heterocycles. The third-order valence-corrected chi connectivity index (χ3v) is 3.51. The van der Waals surface area contributed by atoms with E-state index in [2.05, 4.69) is 64.1 Å². The Morgan fingerprint density at radius 3 is 1.40 bits per heavy atom. The lowest BCUT2D eigenvalue weighted by Gasteiger charge is -2.09. The van der Waals surface area contributed by atoms with Gasteiger partial charge in [-0.2, -0.15) is 0 Å². The van der Waals surface area contributed by atoms with Gasteiger partial charge in [-0.25, -0.2) is 9.78 Å². The Balaban J connectivity index is 1.84. The molecule has 2 aromatic carbocycles. The Labute approximate surface area is 121 Å². The highest BCUT2D eigenvalue weighted by atomic mass is 17.2. The Hall–Kier alpha value is -1.64. The van der Waals surface area contributed by atoms with Gasteiger partial charge in [0.2, 0.25) is 0 Å². The first kappa shape index (κ1) is 14.8. The van der Waals surface area contributed by atoms with Crippen LogP contribution in [0.1, 0.15) is 33.4 Å². The minimum Gasteiger partial charge on any atom is -0.232 e. The molecule has 2 rings (SSSR count). The first-order valence-corrected chi connectivity index (χ1v) is 6.93. The largest absolute Gasteiger partial charge is 0.232 e. The molecule has 0 unspecified atom stereocenters. The van der Waals surface area contributed by atoms with Gasteiger partial charge in [-0.3, -0.25) is 0 Å². The zero-order chi connectivity index (χ0) is 14.5. The quantitative estimate of drug-likeness (QED) is 0.450. The number of benzene rings is 2. The Bertz CT molecular complexity index is 534. The molecule has 0 aliphatic rings. The third kappa shape index (κ3) is 3.92. The fourth-order valence-electron chi connectivity index (χ4n) is 2.23. The van der Waals surface area contributed by atoms with E-state index in [0.29, 0.717) is 13.2 Å². The molecule has 0 amide bonds. The van der Waals surface area contributed by atoms with E-state index in [1.165, 1.54) is 22.3 Å². The SMILES string of the molecule is Cc1ccc(COOCc2ccc(C)cc2C)c(C)c1. The highest BCUT2D eigenvalue weighted by Crippen LogP contribution is 2.14. The molecule has 0 aromatic heterocycles. The lowest BCUT2D eigenvalue weighted by molar-refractivity contribution is -0.313. The molecule has 20 heavy (non-hydrogen) atoms. The predicted octanol–water partition coefficient (Wildman–Crippen LogP) is 4.57. The maximum Gasteiger partial charge on any atom is 0.108 e. The van der Waals surface area contributed by atoms with Gasteiger partial charge < -0.3 is 0 Å². The van der Waals surface area contributed by atoms with Crippen molar-refractivity contribution in [2.45, 2.75) is 40.9 Å². The van der Waals surface area contributed by atoms with Crippen LogP contribution in [-0.4, -0.2) is 0 Å². The molecule has 0 atom stereocenters. The summed E-state index contributed by atoms with van der Waals surface area (Å²) < 4.78 is 0. The van der Waals surface area contributed by atoms with E-state index in [1.54, 1.807) is 0 Å². The summed E-state index contributed by atoms with van der Waals surface area (Å²) in [6.45, 7) is 9.34. The van der Waals surface area contributed by atoms with Crippen molar-refractivity contribution in [3.63, 3.8) is 0 Å². The predicted molar refractivity (Wildman–Crippen MR) is 81.4 cm³/mol. The van der Waals surface area contributed by atoms with Gasteiger partial charge >= 0.3 is 0 Å². The van der Waals surface area contributed by atoms with Crippen LogP contribution >= 0.6 is 0 Å². The molecular weight excluding hydrogens is 248 g/mol. The Morgan fingerprint density at radius 1 is 0.650 bits per heavy atom. The second kappa shape index (κ2) is 6.69. The molecule has 0 radical (unpaired) electrons. The maximum atomic E-state index is 5.33. The number of hydrogen-bond acceptors (Lipinski definition) is 2. The van der Waals surface area contributed by atoms with E-state index in [0.717, 1.165) is 11.1 Å². The summed E-state index contributed by atoms with van der Waals surface area (Å²) in [6, 6.07) is 12.7. The van der Waals surface area contributed by atoms with Crippen molar-refractivity contribution in [3.05, 3.63) is 69.8 Å². The van der Waals surface area contributed by atoms with Gasteiger partial charge in [0.1, 0.15) is 13.2 Å². The van der Waals surface area contributed by atoms with Crippen molar-refractivity contribution in [1.29, 1.82) is 0 Å². The monoisotopic (exact) mass is 270 g/mol. The van der Waals surface area contributed by atoms with Crippen LogP contribution in [0.4, 0.5) is 0 Å². The van der Waals surface area contributed by atoms with Gasteiger partial charge in [0.15, 0.2) is 0 Å². The van der Waals surface area contributed by atoms with Crippen LogP contribution in [0.3, 0.4) is 0 Å². The molecule has 0 N–H and O–H groups in total. The summed E-state index contributed by atoms with van der Waals surface area (Å²) in [6.07, 6.45) is 0. The van der Waals surface area contributed by atoms with Gasteiger partial charge in [-0.1, -0.05) is 47.5 Å². The van der Waals surface area contributed by atoms with Crippen molar-refractivity contribution in [3.8, 4) is 0 Å². The van der Waals surface area contributed by atoms with Gasteiger partial charge in [0, 0.05) is 0 Å². The summed E-state index contributed by atoms with van der Waals surface area (Å²) in [5, 5.41) is 0. The smallest absolute Gasteiger partial charge is 0.108 e. The summed E-state index contributed by atoms with van der Waals surface area (Å²) in [7, 11) is 0. The van der Waals surface area contributed by atoms with Gasteiger partial charge in [-0.05, 0) is 49.9 Å². The zero-order valence-electron chi connectivity index (χ0n) is 12.7. The third-order valence-electron chi connectivity index (χ3n) is 3.51. The summed E-state index contributed by atoms with van der Waals surface area (Å²) in [5.41, 5.74) is 7.33. The minimum atomic E-state index is 0.483. The van der Waals surface area contributed by atoms with E-state index in [-0.39, 0.29) is 0 Å². The average molecular weight is 270 g/mol. The van der Waals surface area contributed by atoms with Crippen LogP contribution in [0, 0.1) is 27.7 Å². The fraction of sp³-hybridized carbons (Fsp3) is 0.333. The molecule has 0 fully saturated rings. The van der Waals surface area contributed by atoms with Crippen molar-refractivity contribution in [2.75, 3.05) is 0 Å². The van der Waals surface area contributed by atoms with Crippen LogP contribution in [-0.2, 0) is 23.0 Å². The van der Waals surface area contributed by atoms with E-state index in [9.17, 15) is 0 Å². The van der Waals surface area contributed by atoms with E-state index in [1.807, 2.05) is 0 Å². The van der Waals surface area contributed by atoms with Crippen LogP contribution in [0.15, 0.2) is 36.4 Å². The Kier molecular flexibility index (Phi) is 4.94. The van der Waals surface area contributed by atoms with Crippen molar-refractivity contribution in [2.24, 2.45) is 0 Å². The minimum absolute atomic E-state index is 0.483. The number of hydrogen-bond donors (Lipinski definition) is 0. The van der Waals surface area contributed by atoms with Crippen LogP contribution in [0.5, 0.6) is 0 Å². The molecule has 106 valence electrons. The second-order valence-corrected chi connectivity index (χ2v) is 5.38. The average Bonchev–Trinajstić information content (AvgIpc) is 2.39. The molecule has 0 saturated carbocycles. The first-order chi connectivity index (χ1) is 9.56. The highest BCUT2D eigenvalue weighted by molar-refractivity contribution is 5.30. The van der Waals surface area contributed by atoms with E-state index >= 15 is 0 Å². The van der Waals surface area contributed by atoms with E-state index in [4.69, 9.17) is 9.78 Å². The summed E-state index contributed by atoms with van der Waals surface area (Å²) in [4.78, 5) is 10.7. The first-order valence-electron chi connectivity index (χ1n) is 6.93. The normalized spacial score (nSPS) is 10.8. The Morgan fingerprint density at radius 2 is 1.05 bits per heavy atom. The van der Waals surface area contributed by atoms with Crippen molar-refractivity contribution >= 4 is 0 Å². The topological polar surface area (TPSA) is 18.5 Å². The van der Waals surface area contributed by atoms with Gasteiger partial charge in [-0.15, -0.1) is 0 Å². The molecule has 2 aromatic rings. The van der Waals surface area contributed by atoms with E-state index < -0.39 is 0 Å². The molecule has 0 bridgehead atoms. The molecule has 0 spiro atoms. The second-order valence-electron chi connectivity index (χ2n) is 5.38. The van der Waals surface area contributed by atoms with Crippen molar-refractivity contribution in [1.82, 2.24) is 0 Å². The number of rotatable bonds is 5. The zero-order valence-corrected chi connectivity index (χ0v) is 12.7. The number of aryl methyl sites for hydroxylation is 4. The fourth-order valence-corrected chi connectivity index (χ4v) is 2.23. The van der Waals surface area contributed by atoms with Crippen molar-refractivity contribution < 1.29 is 9.78 Å².